The summed E-state index contributed by atoms with van der Waals surface area (Å²) in [5.41, 5.74) is 1.30. The van der Waals surface area contributed by atoms with Crippen LogP contribution >= 0.6 is 0 Å². The average Bonchev–Trinajstić information content (AvgIpc) is 2.41. The van der Waals surface area contributed by atoms with E-state index in [1.54, 1.807) is 0 Å². The van der Waals surface area contributed by atoms with Crippen molar-refractivity contribution in [2.24, 2.45) is 0 Å². The second-order valence-electron chi connectivity index (χ2n) is 4.87. The van der Waals surface area contributed by atoms with Gasteiger partial charge in [0.15, 0.2) is 0 Å². The average molecular weight is 246 g/mol. The number of aryl methyl sites for hydroxylation is 1. The Morgan fingerprint density at radius 3 is 2.61 bits per heavy atom. The molecule has 1 unspecified atom stereocenters. The monoisotopic (exact) mass is 246 g/mol. The Morgan fingerprint density at radius 2 is 1.89 bits per heavy atom. The maximum atomic E-state index is 9.83. The molecule has 0 aliphatic carbocycles. The summed E-state index contributed by atoms with van der Waals surface area (Å²) in [5.74, 6) is 0. The predicted molar refractivity (Wildman–Crippen MR) is 78.7 cm³/mol. The second kappa shape index (κ2) is 9.90. The van der Waals surface area contributed by atoms with Crippen LogP contribution in [0.15, 0.2) is 42.5 Å². The molecule has 0 bridgehead atoms. The molecule has 0 aliphatic heterocycles. The van der Waals surface area contributed by atoms with Gasteiger partial charge in [0, 0.05) is 0 Å². The molecule has 0 spiro atoms. The first-order valence-electron chi connectivity index (χ1n) is 7.21. The Labute approximate surface area is 112 Å². The van der Waals surface area contributed by atoms with Crippen molar-refractivity contribution < 1.29 is 5.11 Å². The molecule has 0 aliphatic rings. The van der Waals surface area contributed by atoms with Crippen LogP contribution in [-0.2, 0) is 6.42 Å². The third-order valence-corrected chi connectivity index (χ3v) is 3.15. The third-order valence-electron chi connectivity index (χ3n) is 3.15. The highest BCUT2D eigenvalue weighted by Gasteiger charge is 1.99. The van der Waals surface area contributed by atoms with Gasteiger partial charge in [-0.2, -0.15) is 0 Å². The largest absolute Gasteiger partial charge is 0.389 e. The molecule has 1 aromatic rings. The standard InChI is InChI=1S/C17H26O/c1-2-3-4-5-6-10-13-17(18)15-14-16-11-8-7-9-12-16/h7-13,17-18H,2-6,14-15H2,1H3/b13-10+. The molecule has 0 fully saturated rings. The molecule has 0 radical (unpaired) electrons. The summed E-state index contributed by atoms with van der Waals surface area (Å²) in [6.45, 7) is 2.23. The van der Waals surface area contributed by atoms with Gasteiger partial charge < -0.3 is 5.11 Å². The Morgan fingerprint density at radius 1 is 1.11 bits per heavy atom. The van der Waals surface area contributed by atoms with Crippen LogP contribution in [0.5, 0.6) is 0 Å². The van der Waals surface area contributed by atoms with Gasteiger partial charge in [-0.3, -0.25) is 0 Å². The number of unbranched alkanes of at least 4 members (excludes halogenated alkanes) is 4. The number of rotatable bonds is 9. The minimum Gasteiger partial charge on any atom is -0.389 e. The summed E-state index contributed by atoms with van der Waals surface area (Å²) in [6.07, 6.45) is 11.8. The first kappa shape index (κ1) is 15.0. The van der Waals surface area contributed by atoms with E-state index in [1.807, 2.05) is 24.3 Å². The van der Waals surface area contributed by atoms with E-state index in [4.69, 9.17) is 0 Å². The van der Waals surface area contributed by atoms with E-state index in [-0.39, 0.29) is 6.10 Å². The van der Waals surface area contributed by atoms with Crippen molar-refractivity contribution in [1.29, 1.82) is 0 Å². The van der Waals surface area contributed by atoms with E-state index >= 15 is 0 Å². The molecule has 1 nitrogen and oxygen atoms in total. The SMILES string of the molecule is CCCCCC/C=C/C(O)CCc1ccccc1. The third kappa shape index (κ3) is 7.29. The zero-order valence-electron chi connectivity index (χ0n) is 11.5. The molecule has 18 heavy (non-hydrogen) atoms. The molecule has 1 heteroatoms. The van der Waals surface area contributed by atoms with Gasteiger partial charge in [-0.05, 0) is 31.2 Å². The van der Waals surface area contributed by atoms with Gasteiger partial charge in [-0.25, -0.2) is 0 Å². The summed E-state index contributed by atoms with van der Waals surface area (Å²) < 4.78 is 0. The van der Waals surface area contributed by atoms with E-state index in [0.717, 1.165) is 19.3 Å². The maximum Gasteiger partial charge on any atom is 0.0724 e. The summed E-state index contributed by atoms with van der Waals surface area (Å²) in [5, 5.41) is 9.83. The highest BCUT2D eigenvalue weighted by atomic mass is 16.3. The molecule has 1 N–H and O–H groups in total. The minimum absolute atomic E-state index is 0.295. The summed E-state index contributed by atoms with van der Waals surface area (Å²) in [6, 6.07) is 10.3. The van der Waals surface area contributed by atoms with Crippen molar-refractivity contribution in [3.63, 3.8) is 0 Å². The fourth-order valence-electron chi connectivity index (χ4n) is 2.00. The van der Waals surface area contributed by atoms with Gasteiger partial charge in [-0.15, -0.1) is 0 Å². The van der Waals surface area contributed by atoms with Gasteiger partial charge in [0.2, 0.25) is 0 Å². The van der Waals surface area contributed by atoms with E-state index < -0.39 is 0 Å². The normalized spacial score (nSPS) is 13.0. The van der Waals surface area contributed by atoms with Crippen LogP contribution < -0.4 is 0 Å². The van der Waals surface area contributed by atoms with Crippen molar-refractivity contribution in [1.82, 2.24) is 0 Å². The smallest absolute Gasteiger partial charge is 0.0724 e. The van der Waals surface area contributed by atoms with Gasteiger partial charge in [0.25, 0.3) is 0 Å². The zero-order chi connectivity index (χ0) is 13.1. The van der Waals surface area contributed by atoms with Crippen LogP contribution in [0.25, 0.3) is 0 Å². The van der Waals surface area contributed by atoms with Crippen molar-refractivity contribution in [2.45, 2.75) is 58.0 Å². The number of allylic oxidation sites excluding steroid dienone is 1. The zero-order valence-corrected chi connectivity index (χ0v) is 11.5. The van der Waals surface area contributed by atoms with E-state index in [0.29, 0.717) is 0 Å². The van der Waals surface area contributed by atoms with E-state index in [1.165, 1.54) is 31.2 Å². The lowest BCUT2D eigenvalue weighted by Crippen LogP contribution is -2.03. The van der Waals surface area contributed by atoms with Crippen LogP contribution in [0.4, 0.5) is 0 Å². The Balaban J connectivity index is 2.10. The minimum atomic E-state index is -0.295. The first-order chi connectivity index (χ1) is 8.83. The maximum absolute atomic E-state index is 9.83. The van der Waals surface area contributed by atoms with Crippen molar-refractivity contribution >= 4 is 0 Å². The molecule has 1 rings (SSSR count). The quantitative estimate of drug-likeness (QED) is 0.502. The number of aliphatic hydroxyl groups excluding tert-OH is 1. The molecule has 1 aromatic carbocycles. The molecular weight excluding hydrogens is 220 g/mol. The summed E-state index contributed by atoms with van der Waals surface area (Å²) in [7, 11) is 0. The first-order valence-corrected chi connectivity index (χ1v) is 7.21. The van der Waals surface area contributed by atoms with Crippen LogP contribution in [0.2, 0.25) is 0 Å². The van der Waals surface area contributed by atoms with Crippen LogP contribution in [0.3, 0.4) is 0 Å². The van der Waals surface area contributed by atoms with Crippen molar-refractivity contribution in [3.05, 3.63) is 48.0 Å². The molecular formula is C17H26O. The molecule has 0 saturated heterocycles. The lowest BCUT2D eigenvalue weighted by molar-refractivity contribution is 0.212. The van der Waals surface area contributed by atoms with E-state index in [9.17, 15) is 5.11 Å². The lowest BCUT2D eigenvalue weighted by atomic mass is 10.1. The fourth-order valence-corrected chi connectivity index (χ4v) is 2.00. The van der Waals surface area contributed by atoms with Crippen LogP contribution in [0, 0.1) is 0 Å². The van der Waals surface area contributed by atoms with Gasteiger partial charge in [-0.1, -0.05) is 68.7 Å². The topological polar surface area (TPSA) is 20.2 Å². The molecule has 1 atom stereocenters. The van der Waals surface area contributed by atoms with Crippen molar-refractivity contribution in [3.8, 4) is 0 Å². The molecule has 0 amide bonds. The molecule has 0 heterocycles. The number of aliphatic hydroxyl groups is 1. The van der Waals surface area contributed by atoms with Crippen LogP contribution in [0.1, 0.15) is 51.0 Å². The van der Waals surface area contributed by atoms with Gasteiger partial charge in [0.05, 0.1) is 6.10 Å². The fraction of sp³-hybridized carbons (Fsp3) is 0.529. The highest BCUT2D eigenvalue weighted by molar-refractivity contribution is 5.14. The van der Waals surface area contributed by atoms with Gasteiger partial charge >= 0.3 is 0 Å². The number of hydrogen-bond acceptors (Lipinski definition) is 1. The summed E-state index contributed by atoms with van der Waals surface area (Å²) >= 11 is 0. The Hall–Kier alpha value is -1.08. The number of hydrogen-bond donors (Lipinski definition) is 1. The Kier molecular flexibility index (Phi) is 8.24. The number of benzene rings is 1. The molecule has 100 valence electrons. The Bertz CT molecular complexity index is 316. The van der Waals surface area contributed by atoms with Crippen molar-refractivity contribution in [2.75, 3.05) is 0 Å². The molecule has 0 aromatic heterocycles. The second-order valence-corrected chi connectivity index (χ2v) is 4.87. The van der Waals surface area contributed by atoms with Gasteiger partial charge in [0.1, 0.15) is 0 Å². The summed E-state index contributed by atoms with van der Waals surface area (Å²) in [4.78, 5) is 0. The van der Waals surface area contributed by atoms with E-state index in [2.05, 4.69) is 25.1 Å². The molecule has 0 saturated carbocycles. The predicted octanol–water partition coefficient (Wildman–Crippen LogP) is 4.51. The highest BCUT2D eigenvalue weighted by Crippen LogP contribution is 2.07. The van der Waals surface area contributed by atoms with Crippen LogP contribution in [-0.4, -0.2) is 11.2 Å². The lowest BCUT2D eigenvalue weighted by Gasteiger charge is -2.05.